The number of non-ortho nitro benzene ring substituents is 1. The van der Waals surface area contributed by atoms with E-state index >= 15 is 0 Å². The first kappa shape index (κ1) is 15.3. The first-order valence-corrected chi connectivity index (χ1v) is 5.76. The van der Waals surface area contributed by atoms with E-state index in [1.807, 2.05) is 30.3 Å². The second kappa shape index (κ2) is 6.97. The standard InChI is InChI=1S/C13H11ClN2O2.ClH/c14-11-6-12(8-13(7-11)16(17)18)15-9-10-4-2-1-3-5-10;/h1-8,15H,9H2;1H. The summed E-state index contributed by atoms with van der Waals surface area (Å²) in [6.45, 7) is 0.596. The van der Waals surface area contributed by atoms with Gasteiger partial charge in [-0.25, -0.2) is 0 Å². The van der Waals surface area contributed by atoms with Crippen LogP contribution >= 0.6 is 24.0 Å². The molecular weight excluding hydrogens is 287 g/mol. The van der Waals surface area contributed by atoms with Gasteiger partial charge in [0.1, 0.15) is 0 Å². The van der Waals surface area contributed by atoms with Gasteiger partial charge < -0.3 is 5.32 Å². The zero-order chi connectivity index (χ0) is 13.0. The quantitative estimate of drug-likeness (QED) is 0.677. The molecule has 6 heteroatoms. The maximum atomic E-state index is 10.7. The first-order chi connectivity index (χ1) is 8.65. The van der Waals surface area contributed by atoms with Gasteiger partial charge in [-0.3, -0.25) is 10.1 Å². The Kier molecular flexibility index (Phi) is 5.60. The van der Waals surface area contributed by atoms with E-state index in [1.165, 1.54) is 12.1 Å². The van der Waals surface area contributed by atoms with E-state index in [0.717, 1.165) is 5.56 Å². The van der Waals surface area contributed by atoms with Crippen LogP contribution in [0, 0.1) is 10.1 Å². The Morgan fingerprint density at radius 1 is 1.16 bits per heavy atom. The zero-order valence-corrected chi connectivity index (χ0v) is 11.4. The second-order valence-electron chi connectivity index (χ2n) is 3.79. The largest absolute Gasteiger partial charge is 0.381 e. The van der Waals surface area contributed by atoms with Gasteiger partial charge in [0.05, 0.1) is 4.92 Å². The van der Waals surface area contributed by atoms with Crippen LogP contribution in [0.3, 0.4) is 0 Å². The Hall–Kier alpha value is -1.78. The predicted octanol–water partition coefficient (Wildman–Crippen LogP) is 4.28. The smallest absolute Gasteiger partial charge is 0.272 e. The Morgan fingerprint density at radius 2 is 1.84 bits per heavy atom. The number of nitrogens with one attached hydrogen (secondary N) is 1. The van der Waals surface area contributed by atoms with Crippen molar-refractivity contribution in [3.05, 3.63) is 69.2 Å². The van der Waals surface area contributed by atoms with Crippen molar-refractivity contribution in [3.63, 3.8) is 0 Å². The predicted molar refractivity (Wildman–Crippen MR) is 79.1 cm³/mol. The summed E-state index contributed by atoms with van der Waals surface area (Å²) in [5.74, 6) is 0. The summed E-state index contributed by atoms with van der Waals surface area (Å²) in [7, 11) is 0. The lowest BCUT2D eigenvalue weighted by molar-refractivity contribution is -0.384. The van der Waals surface area contributed by atoms with Gasteiger partial charge in [0.25, 0.3) is 5.69 Å². The van der Waals surface area contributed by atoms with Crippen LogP contribution in [-0.2, 0) is 6.54 Å². The molecule has 0 aliphatic heterocycles. The number of hydrogen-bond donors (Lipinski definition) is 1. The van der Waals surface area contributed by atoms with Crippen LogP contribution in [-0.4, -0.2) is 4.92 Å². The molecular formula is C13H12Cl2N2O2. The maximum absolute atomic E-state index is 10.7. The molecule has 0 spiro atoms. The molecule has 0 radical (unpaired) electrons. The van der Waals surface area contributed by atoms with E-state index in [-0.39, 0.29) is 18.1 Å². The number of benzene rings is 2. The number of nitro groups is 1. The third-order valence-electron chi connectivity index (χ3n) is 2.43. The molecule has 0 amide bonds. The number of nitrogens with zero attached hydrogens (tertiary/aromatic N) is 1. The van der Waals surface area contributed by atoms with Crippen LogP contribution in [0.2, 0.25) is 5.02 Å². The average molecular weight is 299 g/mol. The molecule has 0 saturated heterocycles. The summed E-state index contributed by atoms with van der Waals surface area (Å²) in [6, 6.07) is 14.2. The highest BCUT2D eigenvalue weighted by Gasteiger charge is 2.08. The minimum atomic E-state index is -0.459. The zero-order valence-electron chi connectivity index (χ0n) is 9.88. The van der Waals surface area contributed by atoms with E-state index < -0.39 is 4.92 Å². The summed E-state index contributed by atoms with van der Waals surface area (Å²) in [6.07, 6.45) is 0. The van der Waals surface area contributed by atoms with Gasteiger partial charge in [-0.05, 0) is 11.6 Å². The summed E-state index contributed by atoms with van der Waals surface area (Å²) in [4.78, 5) is 10.2. The molecule has 19 heavy (non-hydrogen) atoms. The minimum absolute atomic E-state index is 0. The van der Waals surface area contributed by atoms with Crippen molar-refractivity contribution in [1.82, 2.24) is 0 Å². The molecule has 0 aliphatic carbocycles. The number of nitro benzene ring substituents is 1. The van der Waals surface area contributed by atoms with Crippen molar-refractivity contribution in [2.45, 2.75) is 6.54 Å². The molecule has 0 fully saturated rings. The number of hydrogen-bond acceptors (Lipinski definition) is 3. The first-order valence-electron chi connectivity index (χ1n) is 5.38. The maximum Gasteiger partial charge on any atom is 0.272 e. The summed E-state index contributed by atoms with van der Waals surface area (Å²) in [5.41, 5.74) is 1.72. The van der Waals surface area contributed by atoms with Crippen LogP contribution in [0.4, 0.5) is 11.4 Å². The van der Waals surface area contributed by atoms with E-state index in [4.69, 9.17) is 11.6 Å². The average Bonchev–Trinajstić information content (AvgIpc) is 2.37. The third kappa shape index (κ3) is 4.43. The highest BCUT2D eigenvalue weighted by atomic mass is 35.5. The van der Waals surface area contributed by atoms with Crippen LogP contribution < -0.4 is 5.32 Å². The highest BCUT2D eigenvalue weighted by Crippen LogP contribution is 2.24. The molecule has 2 aromatic carbocycles. The monoisotopic (exact) mass is 298 g/mol. The summed E-state index contributed by atoms with van der Waals surface area (Å²) < 4.78 is 0. The summed E-state index contributed by atoms with van der Waals surface area (Å²) in [5, 5.41) is 14.2. The topological polar surface area (TPSA) is 55.2 Å². The van der Waals surface area contributed by atoms with Crippen LogP contribution in [0.5, 0.6) is 0 Å². The van der Waals surface area contributed by atoms with Crippen molar-refractivity contribution in [1.29, 1.82) is 0 Å². The second-order valence-corrected chi connectivity index (χ2v) is 4.23. The Morgan fingerprint density at radius 3 is 2.47 bits per heavy atom. The fourth-order valence-electron chi connectivity index (χ4n) is 1.58. The van der Waals surface area contributed by atoms with Gasteiger partial charge in [-0.15, -0.1) is 12.4 Å². The molecule has 100 valence electrons. The van der Waals surface area contributed by atoms with Crippen LogP contribution in [0.15, 0.2) is 48.5 Å². The van der Waals surface area contributed by atoms with Crippen molar-refractivity contribution >= 4 is 35.4 Å². The number of anilines is 1. The Bertz CT molecular complexity index is 562. The van der Waals surface area contributed by atoms with Crippen molar-refractivity contribution in [2.24, 2.45) is 0 Å². The lowest BCUT2D eigenvalue weighted by atomic mass is 10.2. The molecule has 1 N–H and O–H groups in total. The SMILES string of the molecule is Cl.O=[N+]([O-])c1cc(Cl)cc(NCc2ccccc2)c1. The molecule has 0 aromatic heterocycles. The fourth-order valence-corrected chi connectivity index (χ4v) is 1.81. The Labute approximate surface area is 122 Å². The molecule has 0 heterocycles. The molecule has 0 aliphatic rings. The summed E-state index contributed by atoms with van der Waals surface area (Å²) >= 11 is 5.83. The van der Waals surface area contributed by atoms with E-state index in [1.54, 1.807) is 6.07 Å². The van der Waals surface area contributed by atoms with Crippen molar-refractivity contribution < 1.29 is 4.92 Å². The van der Waals surface area contributed by atoms with Gasteiger partial charge in [0, 0.05) is 29.4 Å². The molecule has 4 nitrogen and oxygen atoms in total. The number of rotatable bonds is 4. The van der Waals surface area contributed by atoms with Crippen LogP contribution in [0.25, 0.3) is 0 Å². The Balaban J connectivity index is 0.00000180. The number of halogens is 2. The molecule has 0 atom stereocenters. The van der Waals surface area contributed by atoms with Crippen molar-refractivity contribution in [2.75, 3.05) is 5.32 Å². The third-order valence-corrected chi connectivity index (χ3v) is 2.65. The van der Waals surface area contributed by atoms with Gasteiger partial charge in [0.15, 0.2) is 0 Å². The van der Waals surface area contributed by atoms with Crippen molar-refractivity contribution in [3.8, 4) is 0 Å². The van der Waals surface area contributed by atoms with Gasteiger partial charge in [-0.2, -0.15) is 0 Å². The molecule has 0 unspecified atom stereocenters. The molecule has 2 rings (SSSR count). The molecule has 0 bridgehead atoms. The highest BCUT2D eigenvalue weighted by molar-refractivity contribution is 6.31. The normalized spacial score (nSPS) is 9.53. The fraction of sp³-hybridized carbons (Fsp3) is 0.0769. The van der Waals surface area contributed by atoms with Gasteiger partial charge >= 0.3 is 0 Å². The lowest BCUT2D eigenvalue weighted by Gasteiger charge is -2.06. The minimum Gasteiger partial charge on any atom is -0.381 e. The molecule has 2 aromatic rings. The van der Waals surface area contributed by atoms with Gasteiger partial charge in [0.2, 0.25) is 0 Å². The molecule has 0 saturated carbocycles. The van der Waals surface area contributed by atoms with E-state index in [2.05, 4.69) is 5.32 Å². The lowest BCUT2D eigenvalue weighted by Crippen LogP contribution is -1.99. The van der Waals surface area contributed by atoms with Crippen LogP contribution in [0.1, 0.15) is 5.56 Å². The van der Waals surface area contributed by atoms with E-state index in [9.17, 15) is 10.1 Å². The van der Waals surface area contributed by atoms with E-state index in [0.29, 0.717) is 17.3 Å². The van der Waals surface area contributed by atoms with Gasteiger partial charge in [-0.1, -0.05) is 41.9 Å².